The van der Waals surface area contributed by atoms with Crippen LogP contribution in [0.5, 0.6) is 0 Å². The van der Waals surface area contributed by atoms with E-state index in [0.29, 0.717) is 28.6 Å². The van der Waals surface area contributed by atoms with Crippen LogP contribution in [0.1, 0.15) is 40.7 Å². The summed E-state index contributed by atoms with van der Waals surface area (Å²) < 4.78 is 10.7. The van der Waals surface area contributed by atoms with Crippen LogP contribution < -0.4 is 11.1 Å². The Morgan fingerprint density at radius 1 is 1.23 bits per heavy atom. The molecule has 1 aromatic carbocycles. The minimum atomic E-state index is -1.01. The maximum atomic E-state index is 13.1. The van der Waals surface area contributed by atoms with E-state index in [1.165, 1.54) is 0 Å². The number of nitrogens with one attached hydrogen (secondary N) is 1. The number of nitrogens with two attached hydrogens (primary N) is 1. The lowest BCUT2D eigenvalue weighted by atomic mass is 9.81. The normalized spacial score (nSPS) is 16.7. The number of benzene rings is 1. The van der Waals surface area contributed by atoms with Gasteiger partial charge in [0.05, 0.1) is 23.0 Å². The first kappa shape index (κ1) is 20.3. The number of nitrogens with zero attached hydrogens (tertiary/aromatic N) is 1. The monoisotopic (exact) mass is 419 g/mol. The molecule has 1 atom stereocenters. The first-order chi connectivity index (χ1) is 14.9. The van der Waals surface area contributed by atoms with Gasteiger partial charge < -0.3 is 14.9 Å². The van der Waals surface area contributed by atoms with Crippen LogP contribution in [0, 0.1) is 5.92 Å². The second-order valence-electron chi connectivity index (χ2n) is 7.52. The molecular formula is C23H21N3O5. The minimum Gasteiger partial charge on any atom is -0.465 e. The van der Waals surface area contributed by atoms with Crippen LogP contribution in [0.4, 0.5) is 4.79 Å². The Labute approximate surface area is 178 Å². The number of esters is 1. The molecule has 0 aliphatic heterocycles. The summed E-state index contributed by atoms with van der Waals surface area (Å²) in [7, 11) is 0. The van der Waals surface area contributed by atoms with E-state index in [1.807, 2.05) is 41.7 Å². The molecule has 158 valence electrons. The lowest BCUT2D eigenvalue weighted by molar-refractivity contribution is -0.123. The Morgan fingerprint density at radius 2 is 2.03 bits per heavy atom. The first-order valence-corrected chi connectivity index (χ1v) is 9.85. The molecule has 3 aromatic rings. The van der Waals surface area contributed by atoms with Crippen LogP contribution in [-0.4, -0.2) is 29.5 Å². The average molecular weight is 419 g/mol. The Balaban J connectivity index is 1.80. The number of ether oxygens (including phenoxy) is 1. The summed E-state index contributed by atoms with van der Waals surface area (Å²) in [5, 5.41) is 2.53. The first-order valence-electron chi connectivity index (χ1n) is 9.85. The number of fused-ring (bicyclic) bond motifs is 2. The molecule has 0 saturated heterocycles. The van der Waals surface area contributed by atoms with E-state index >= 15 is 0 Å². The zero-order valence-electron chi connectivity index (χ0n) is 16.9. The van der Waals surface area contributed by atoms with Crippen LogP contribution >= 0.6 is 0 Å². The second-order valence-corrected chi connectivity index (χ2v) is 7.52. The van der Waals surface area contributed by atoms with Crippen molar-refractivity contribution in [2.45, 2.75) is 19.8 Å². The summed E-state index contributed by atoms with van der Waals surface area (Å²) in [5.74, 6) is -0.473. The van der Waals surface area contributed by atoms with Crippen molar-refractivity contribution in [2.24, 2.45) is 11.7 Å². The average Bonchev–Trinajstić information content (AvgIpc) is 3.23. The number of hydrogen-bond donors (Lipinski definition) is 2. The molecule has 8 nitrogen and oxygen atoms in total. The molecule has 0 unspecified atom stereocenters. The molecule has 0 fully saturated rings. The molecule has 0 saturated carbocycles. The summed E-state index contributed by atoms with van der Waals surface area (Å²) in [6.07, 6.45) is 4.97. The molecular weight excluding hydrogens is 398 g/mol. The summed E-state index contributed by atoms with van der Waals surface area (Å²) in [5.41, 5.74) is 8.42. The fraction of sp³-hybridized carbons (Fsp3) is 0.217. The van der Waals surface area contributed by atoms with Gasteiger partial charge in [-0.1, -0.05) is 25.1 Å². The fourth-order valence-corrected chi connectivity index (χ4v) is 3.89. The van der Waals surface area contributed by atoms with Crippen molar-refractivity contribution >= 4 is 40.5 Å². The number of allylic oxidation sites excluding steroid dienone is 1. The molecule has 0 spiro atoms. The topological polar surface area (TPSA) is 125 Å². The third kappa shape index (κ3) is 4.32. The second kappa shape index (κ2) is 8.43. The van der Waals surface area contributed by atoms with Crippen molar-refractivity contribution in [1.29, 1.82) is 0 Å². The van der Waals surface area contributed by atoms with Crippen molar-refractivity contribution in [2.75, 3.05) is 6.61 Å². The van der Waals surface area contributed by atoms with Gasteiger partial charge >= 0.3 is 12.0 Å². The summed E-state index contributed by atoms with van der Waals surface area (Å²) in [6.45, 7) is 1.49. The Hall–Kier alpha value is -3.94. The van der Waals surface area contributed by atoms with Gasteiger partial charge in [-0.05, 0) is 54.2 Å². The van der Waals surface area contributed by atoms with Gasteiger partial charge in [0.25, 0.3) is 5.91 Å². The summed E-state index contributed by atoms with van der Waals surface area (Å²) in [4.78, 5) is 40.4. The number of pyridine rings is 1. The van der Waals surface area contributed by atoms with Crippen LogP contribution in [0.3, 0.4) is 0 Å². The summed E-state index contributed by atoms with van der Waals surface area (Å²) >= 11 is 0. The van der Waals surface area contributed by atoms with Crippen molar-refractivity contribution in [3.8, 4) is 0 Å². The highest BCUT2D eigenvalue weighted by atomic mass is 16.5. The number of amides is 3. The van der Waals surface area contributed by atoms with E-state index in [0.717, 1.165) is 23.3 Å². The molecule has 2 heterocycles. The molecule has 3 amide bonds. The van der Waals surface area contributed by atoms with Gasteiger partial charge in [0.1, 0.15) is 5.76 Å². The van der Waals surface area contributed by atoms with Gasteiger partial charge in [-0.25, -0.2) is 14.6 Å². The lowest BCUT2D eigenvalue weighted by Crippen LogP contribution is -2.37. The zero-order chi connectivity index (χ0) is 22.0. The largest absolute Gasteiger partial charge is 0.465 e. The number of carbonyl (C=O) groups is 3. The predicted molar refractivity (Wildman–Crippen MR) is 114 cm³/mol. The highest BCUT2D eigenvalue weighted by molar-refractivity contribution is 6.07. The van der Waals surface area contributed by atoms with E-state index in [9.17, 15) is 14.4 Å². The lowest BCUT2D eigenvalue weighted by Gasteiger charge is -2.26. The zero-order valence-corrected chi connectivity index (χ0v) is 16.9. The molecule has 8 heteroatoms. The van der Waals surface area contributed by atoms with Crippen molar-refractivity contribution < 1.29 is 23.5 Å². The van der Waals surface area contributed by atoms with Gasteiger partial charge in [-0.3, -0.25) is 10.1 Å². The van der Waals surface area contributed by atoms with Crippen molar-refractivity contribution in [3.63, 3.8) is 0 Å². The third-order valence-electron chi connectivity index (χ3n) is 5.08. The van der Waals surface area contributed by atoms with Crippen LogP contribution in [0.15, 0.2) is 47.1 Å². The Bertz CT molecular complexity index is 1200. The van der Waals surface area contributed by atoms with E-state index in [2.05, 4.69) is 6.92 Å². The van der Waals surface area contributed by atoms with Crippen LogP contribution in [0.25, 0.3) is 22.6 Å². The molecule has 0 bridgehead atoms. The van der Waals surface area contributed by atoms with Gasteiger partial charge in [0.15, 0.2) is 6.61 Å². The molecule has 3 N–H and O–H groups in total. The van der Waals surface area contributed by atoms with Crippen molar-refractivity contribution in [1.82, 2.24) is 10.3 Å². The highest BCUT2D eigenvalue weighted by Gasteiger charge is 2.29. The fourth-order valence-electron chi connectivity index (χ4n) is 3.89. The number of rotatable bonds is 4. The van der Waals surface area contributed by atoms with Gasteiger partial charge in [-0.15, -0.1) is 0 Å². The van der Waals surface area contributed by atoms with Gasteiger partial charge in [0.2, 0.25) is 0 Å². The molecule has 1 aliphatic carbocycles. The van der Waals surface area contributed by atoms with Crippen molar-refractivity contribution in [3.05, 3.63) is 65.2 Å². The van der Waals surface area contributed by atoms with Gasteiger partial charge in [0, 0.05) is 5.39 Å². The van der Waals surface area contributed by atoms with Crippen LogP contribution in [-0.2, 0) is 16.0 Å². The SMILES string of the molecule is C[C@@H]1CC(=Cc2ccco2)c2nc3ccccc3c(C(=O)OCC(=O)NC(N)=O)c2C1. The van der Waals surface area contributed by atoms with E-state index in [1.54, 1.807) is 12.3 Å². The number of primary amides is 1. The standard InChI is InChI=1S/C23H21N3O5/c1-13-9-14(11-15-5-4-8-30-15)21-17(10-13)20(16-6-2-3-7-18(16)25-21)22(28)31-12-19(27)26-23(24)29/h2-8,11,13H,9-10,12H2,1H3,(H3,24,26,27,29)/t13-/m1/s1. The number of furan rings is 1. The maximum Gasteiger partial charge on any atom is 0.339 e. The third-order valence-corrected chi connectivity index (χ3v) is 5.08. The Kier molecular flexibility index (Phi) is 5.53. The van der Waals surface area contributed by atoms with E-state index in [4.69, 9.17) is 19.9 Å². The molecule has 4 rings (SSSR count). The molecule has 2 aromatic heterocycles. The predicted octanol–water partition coefficient (Wildman–Crippen LogP) is 3.30. The van der Waals surface area contributed by atoms with E-state index in [-0.39, 0.29) is 5.92 Å². The number of carbonyl (C=O) groups excluding carboxylic acids is 3. The minimum absolute atomic E-state index is 0.265. The number of para-hydroxylation sites is 1. The number of urea groups is 1. The quantitative estimate of drug-likeness (QED) is 0.625. The Morgan fingerprint density at radius 3 is 2.77 bits per heavy atom. The maximum absolute atomic E-state index is 13.1. The highest BCUT2D eigenvalue weighted by Crippen LogP contribution is 2.38. The summed E-state index contributed by atoms with van der Waals surface area (Å²) in [6, 6.07) is 9.96. The van der Waals surface area contributed by atoms with Crippen LogP contribution in [0.2, 0.25) is 0 Å². The smallest absolute Gasteiger partial charge is 0.339 e. The number of aromatic nitrogens is 1. The van der Waals surface area contributed by atoms with E-state index < -0.39 is 24.5 Å². The van der Waals surface area contributed by atoms with Gasteiger partial charge in [-0.2, -0.15) is 0 Å². The molecule has 1 aliphatic rings. The number of hydrogen-bond acceptors (Lipinski definition) is 6. The molecule has 0 radical (unpaired) electrons. The molecule has 31 heavy (non-hydrogen) atoms. The number of imide groups is 1.